The average molecular weight is 251 g/mol. The van der Waals surface area contributed by atoms with Crippen molar-refractivity contribution < 1.29 is 56.2 Å². The fraction of sp³-hybridized carbons (Fsp3) is 0.250. The zero-order valence-electron chi connectivity index (χ0n) is 9.82. The first kappa shape index (κ1) is 16.3. The van der Waals surface area contributed by atoms with Gasteiger partial charge in [-0.15, -0.1) is 0 Å². The fourth-order valence-electron chi connectivity index (χ4n) is 1.59. The molecule has 0 saturated heterocycles. The van der Waals surface area contributed by atoms with Gasteiger partial charge in [0.25, 0.3) is 0 Å². The van der Waals surface area contributed by atoms with Gasteiger partial charge in [0.2, 0.25) is 5.91 Å². The van der Waals surface area contributed by atoms with Crippen molar-refractivity contribution in [2.75, 3.05) is 5.32 Å². The van der Waals surface area contributed by atoms with E-state index in [4.69, 9.17) is 17.1 Å². The summed E-state index contributed by atoms with van der Waals surface area (Å²) in [5.74, 6) is -0.0854. The molecule has 17 heavy (non-hydrogen) atoms. The summed E-state index contributed by atoms with van der Waals surface area (Å²) in [4.78, 5) is 11.1. The van der Waals surface area contributed by atoms with Gasteiger partial charge >= 0.3 is 51.4 Å². The van der Waals surface area contributed by atoms with E-state index in [0.29, 0.717) is 6.42 Å². The molecule has 0 aliphatic carbocycles. The molecule has 1 heterocycles. The SMILES string of the molecule is CC(C#N)c1ccc2c(c1)CC(=O)N2.[C-]#N.[K+]. The Morgan fingerprint density at radius 2 is 2.12 bits per heavy atom. The first-order valence-corrected chi connectivity index (χ1v) is 4.75. The molecule has 1 aliphatic heterocycles. The minimum absolute atomic E-state index is 0. The van der Waals surface area contributed by atoms with Gasteiger partial charge in [0.1, 0.15) is 0 Å². The summed E-state index contributed by atoms with van der Waals surface area (Å²) < 4.78 is 0. The molecule has 0 bridgehead atoms. The molecule has 0 aromatic heterocycles. The normalized spacial score (nSPS) is 12.9. The van der Waals surface area contributed by atoms with E-state index in [2.05, 4.69) is 11.4 Å². The Labute approximate surface area is 143 Å². The molecule has 1 aromatic rings. The fourth-order valence-corrected chi connectivity index (χ4v) is 1.59. The van der Waals surface area contributed by atoms with Crippen molar-refractivity contribution >= 4 is 11.6 Å². The van der Waals surface area contributed by atoms with Gasteiger partial charge in [0.15, 0.2) is 0 Å². The van der Waals surface area contributed by atoms with Crippen LogP contribution < -0.4 is 56.7 Å². The maximum atomic E-state index is 11.1. The summed E-state index contributed by atoms with van der Waals surface area (Å²) in [6.45, 7) is 6.60. The van der Waals surface area contributed by atoms with Gasteiger partial charge in [-0.05, 0) is 24.1 Å². The van der Waals surface area contributed by atoms with E-state index in [-0.39, 0.29) is 63.2 Å². The summed E-state index contributed by atoms with van der Waals surface area (Å²) in [6.07, 6.45) is 0.432. The van der Waals surface area contributed by atoms with Crippen molar-refractivity contribution in [1.82, 2.24) is 0 Å². The van der Waals surface area contributed by atoms with Gasteiger partial charge in [0, 0.05) is 5.69 Å². The number of nitriles is 1. The molecule has 1 amide bonds. The molecule has 1 unspecified atom stereocenters. The molecule has 1 aliphatic rings. The van der Waals surface area contributed by atoms with E-state index < -0.39 is 0 Å². The van der Waals surface area contributed by atoms with Gasteiger partial charge in [0.05, 0.1) is 18.4 Å². The molecule has 2 rings (SSSR count). The largest absolute Gasteiger partial charge is 1.00 e. The van der Waals surface area contributed by atoms with Crippen LogP contribution in [-0.2, 0) is 11.2 Å². The molecule has 1 atom stereocenters. The Hall–Kier alpha value is -0.694. The minimum Gasteiger partial charge on any atom is -0.512 e. The van der Waals surface area contributed by atoms with Crippen molar-refractivity contribution in [3.05, 3.63) is 35.9 Å². The predicted octanol–water partition coefficient (Wildman–Crippen LogP) is -1.09. The molecule has 0 fully saturated rings. The smallest absolute Gasteiger partial charge is 0.512 e. The third-order valence-corrected chi connectivity index (χ3v) is 2.45. The zero-order chi connectivity index (χ0) is 12.1. The molecule has 1 aromatic carbocycles. The first-order valence-electron chi connectivity index (χ1n) is 4.75. The second kappa shape index (κ2) is 7.60. The molecule has 80 valence electrons. The van der Waals surface area contributed by atoms with Gasteiger partial charge < -0.3 is 17.2 Å². The molecule has 1 N–H and O–H groups in total. The van der Waals surface area contributed by atoms with E-state index in [0.717, 1.165) is 16.8 Å². The third-order valence-electron chi connectivity index (χ3n) is 2.45. The number of benzene rings is 1. The Morgan fingerprint density at radius 3 is 2.71 bits per heavy atom. The number of nitrogens with one attached hydrogen (secondary N) is 1. The van der Waals surface area contributed by atoms with Crippen LogP contribution >= 0.6 is 0 Å². The quantitative estimate of drug-likeness (QED) is 0.509. The van der Waals surface area contributed by atoms with Crippen LogP contribution in [0.1, 0.15) is 24.0 Å². The topological polar surface area (TPSA) is 76.7 Å². The van der Waals surface area contributed by atoms with Gasteiger partial charge in [-0.2, -0.15) is 5.26 Å². The van der Waals surface area contributed by atoms with Gasteiger partial charge in [-0.3, -0.25) is 4.79 Å². The van der Waals surface area contributed by atoms with E-state index in [9.17, 15) is 4.79 Å². The van der Waals surface area contributed by atoms with Crippen molar-refractivity contribution in [3.63, 3.8) is 0 Å². The number of anilines is 1. The van der Waals surface area contributed by atoms with Crippen LogP contribution in [0.25, 0.3) is 0 Å². The van der Waals surface area contributed by atoms with Crippen LogP contribution in [-0.4, -0.2) is 5.91 Å². The average Bonchev–Trinajstić information content (AvgIpc) is 2.69. The van der Waals surface area contributed by atoms with Gasteiger partial charge in [-0.25, -0.2) is 0 Å². The molecular formula is C12H10KN3O. The van der Waals surface area contributed by atoms with E-state index in [1.807, 2.05) is 25.1 Å². The number of carbonyl (C=O) groups excluding carboxylic acids is 1. The number of amides is 1. The van der Waals surface area contributed by atoms with E-state index >= 15 is 0 Å². The number of nitrogens with zero attached hydrogens (tertiary/aromatic N) is 2. The molecule has 4 nitrogen and oxygen atoms in total. The Kier molecular flexibility index (Phi) is 7.29. The van der Waals surface area contributed by atoms with Crippen LogP contribution in [0.15, 0.2) is 18.2 Å². The molecule has 0 saturated carbocycles. The first-order chi connectivity index (χ1) is 7.70. The van der Waals surface area contributed by atoms with Crippen molar-refractivity contribution in [3.8, 4) is 6.07 Å². The number of rotatable bonds is 1. The van der Waals surface area contributed by atoms with Crippen molar-refractivity contribution in [1.29, 1.82) is 10.5 Å². The number of carbonyl (C=O) groups is 1. The maximum Gasteiger partial charge on any atom is 1.00 e. The molecule has 0 spiro atoms. The Morgan fingerprint density at radius 1 is 1.47 bits per heavy atom. The molecule has 5 heteroatoms. The number of hydrogen-bond acceptors (Lipinski definition) is 3. The summed E-state index contributed by atoms with van der Waals surface area (Å²) in [5.41, 5.74) is 2.85. The minimum atomic E-state index is -0.115. The maximum absolute atomic E-state index is 11.1. The second-order valence-electron chi connectivity index (χ2n) is 3.49. The van der Waals surface area contributed by atoms with Crippen LogP contribution in [0, 0.1) is 23.2 Å². The van der Waals surface area contributed by atoms with E-state index in [1.165, 1.54) is 0 Å². The van der Waals surface area contributed by atoms with Crippen molar-refractivity contribution in [2.45, 2.75) is 19.3 Å². The standard InChI is InChI=1S/C11H10N2O.CN.K/c1-7(6-12)8-2-3-10-9(4-8)5-11(14)13-10;1-2;/h2-4,7H,5H2,1H3,(H,13,14);;/q;-1;+1. The summed E-state index contributed by atoms with van der Waals surface area (Å²) in [6, 6.07) is 7.86. The predicted molar refractivity (Wildman–Crippen MR) is 57.8 cm³/mol. The van der Waals surface area contributed by atoms with E-state index in [1.54, 1.807) is 0 Å². The Balaban J connectivity index is 0.000000811. The van der Waals surface area contributed by atoms with Crippen molar-refractivity contribution in [2.24, 2.45) is 0 Å². The van der Waals surface area contributed by atoms with Crippen LogP contribution in [0.5, 0.6) is 0 Å². The van der Waals surface area contributed by atoms with Crippen LogP contribution in [0.4, 0.5) is 5.69 Å². The number of hydrogen-bond donors (Lipinski definition) is 1. The molecule has 0 radical (unpaired) electrons. The summed E-state index contributed by atoms with van der Waals surface area (Å²) in [7, 11) is 0. The third kappa shape index (κ3) is 3.92. The van der Waals surface area contributed by atoms with Crippen LogP contribution in [0.3, 0.4) is 0 Å². The Bertz CT molecular complexity index is 476. The summed E-state index contributed by atoms with van der Waals surface area (Å²) in [5, 5.41) is 17.8. The molecular weight excluding hydrogens is 241 g/mol. The van der Waals surface area contributed by atoms with Gasteiger partial charge in [-0.1, -0.05) is 12.1 Å². The number of fused-ring (bicyclic) bond motifs is 1. The second-order valence-corrected chi connectivity index (χ2v) is 3.49. The monoisotopic (exact) mass is 251 g/mol. The van der Waals surface area contributed by atoms with Crippen LogP contribution in [0.2, 0.25) is 0 Å². The summed E-state index contributed by atoms with van der Waals surface area (Å²) >= 11 is 0. The zero-order valence-corrected chi connectivity index (χ0v) is 12.9.